The van der Waals surface area contributed by atoms with E-state index < -0.39 is 0 Å². The molecule has 6 heteroatoms. The molecule has 1 aliphatic heterocycles. The van der Waals surface area contributed by atoms with Crippen molar-refractivity contribution in [2.45, 2.75) is 45.2 Å². The Morgan fingerprint density at radius 2 is 2.04 bits per heavy atom. The molecule has 0 aromatic heterocycles. The molecule has 0 spiro atoms. The molecule has 1 unspecified atom stereocenters. The second-order valence-electron chi connectivity index (χ2n) is 6.83. The van der Waals surface area contributed by atoms with Crippen LogP contribution in [0, 0.1) is 5.92 Å². The molecule has 0 saturated carbocycles. The second kappa shape index (κ2) is 12.1. The Hall–Kier alpha value is -1.44. The van der Waals surface area contributed by atoms with Gasteiger partial charge in [-0.15, -0.1) is 0 Å². The van der Waals surface area contributed by atoms with Crippen molar-refractivity contribution in [3.05, 3.63) is 42.0 Å². The minimum absolute atomic E-state index is 0.0529. The molecule has 1 heterocycles. The zero-order chi connectivity index (χ0) is 19.5. The Morgan fingerprint density at radius 1 is 1.26 bits per heavy atom. The topological polar surface area (TPSA) is 66.4 Å². The summed E-state index contributed by atoms with van der Waals surface area (Å²) in [6.45, 7) is 7.48. The van der Waals surface area contributed by atoms with Gasteiger partial charge in [0, 0.05) is 12.5 Å². The predicted molar refractivity (Wildman–Crippen MR) is 102 cm³/mol. The van der Waals surface area contributed by atoms with E-state index in [1.165, 1.54) is 0 Å². The van der Waals surface area contributed by atoms with Crippen molar-refractivity contribution in [2.75, 3.05) is 33.7 Å². The number of rotatable bonds is 12. The lowest BCUT2D eigenvalue weighted by molar-refractivity contribution is -0.198. The molecule has 0 aliphatic carbocycles. The highest BCUT2D eigenvalue weighted by Gasteiger charge is 2.27. The van der Waals surface area contributed by atoms with Crippen molar-refractivity contribution in [2.24, 2.45) is 5.92 Å². The Labute approximate surface area is 162 Å². The molecule has 1 aliphatic rings. The third-order valence-electron chi connectivity index (χ3n) is 4.51. The number of aliphatic hydroxyl groups excluding tert-OH is 1. The normalized spacial score (nSPS) is 19.4. The maximum Gasteiger partial charge on any atom is 0.158 e. The van der Waals surface area contributed by atoms with Gasteiger partial charge in [0.2, 0.25) is 0 Å². The van der Waals surface area contributed by atoms with Gasteiger partial charge in [-0.1, -0.05) is 24.3 Å². The fourth-order valence-corrected chi connectivity index (χ4v) is 2.99. The van der Waals surface area contributed by atoms with E-state index in [1.807, 2.05) is 31.2 Å². The van der Waals surface area contributed by atoms with Crippen LogP contribution in [-0.2, 0) is 25.6 Å². The van der Waals surface area contributed by atoms with Gasteiger partial charge in [0.05, 0.1) is 33.0 Å². The van der Waals surface area contributed by atoms with Crippen LogP contribution >= 0.6 is 0 Å². The summed E-state index contributed by atoms with van der Waals surface area (Å²) in [6.07, 6.45) is 2.48. The van der Waals surface area contributed by atoms with E-state index in [9.17, 15) is 5.11 Å². The zero-order valence-electron chi connectivity index (χ0n) is 16.4. The van der Waals surface area contributed by atoms with E-state index in [0.717, 1.165) is 36.1 Å². The van der Waals surface area contributed by atoms with Crippen molar-refractivity contribution < 1.29 is 28.8 Å². The molecule has 1 aromatic carbocycles. The van der Waals surface area contributed by atoms with Crippen LogP contribution in [0.2, 0.25) is 0 Å². The molecule has 1 aromatic rings. The third-order valence-corrected chi connectivity index (χ3v) is 4.51. The second-order valence-corrected chi connectivity index (χ2v) is 6.83. The Kier molecular flexibility index (Phi) is 9.80. The molecule has 27 heavy (non-hydrogen) atoms. The number of methoxy groups -OCH3 is 1. The quantitative estimate of drug-likeness (QED) is 0.341. The molecule has 1 fully saturated rings. The van der Waals surface area contributed by atoms with Crippen LogP contribution in [0.4, 0.5) is 0 Å². The van der Waals surface area contributed by atoms with Crippen molar-refractivity contribution >= 4 is 0 Å². The Bertz CT molecular complexity index is 538. The lowest BCUT2D eigenvalue weighted by Crippen LogP contribution is -2.37. The summed E-state index contributed by atoms with van der Waals surface area (Å²) in [5.41, 5.74) is 1.89. The molecule has 2 rings (SSSR count). The minimum atomic E-state index is -0.306. The fourth-order valence-electron chi connectivity index (χ4n) is 2.99. The van der Waals surface area contributed by atoms with E-state index in [-0.39, 0.29) is 31.7 Å². The van der Waals surface area contributed by atoms with Crippen LogP contribution < -0.4 is 4.74 Å². The first-order chi connectivity index (χ1) is 13.1. The molecule has 0 amide bonds. The van der Waals surface area contributed by atoms with Gasteiger partial charge >= 0.3 is 0 Å². The van der Waals surface area contributed by atoms with Crippen molar-refractivity contribution in [1.29, 1.82) is 0 Å². The summed E-state index contributed by atoms with van der Waals surface area (Å²) < 4.78 is 28.0. The van der Waals surface area contributed by atoms with E-state index in [0.29, 0.717) is 19.8 Å². The predicted octanol–water partition coefficient (Wildman–Crippen LogP) is 3.28. The molecule has 6 nitrogen and oxygen atoms in total. The molecule has 152 valence electrons. The maximum atomic E-state index is 9.76. The van der Waals surface area contributed by atoms with Crippen LogP contribution in [0.3, 0.4) is 0 Å². The Morgan fingerprint density at radius 3 is 2.63 bits per heavy atom. The molecule has 0 bridgehead atoms. The lowest BCUT2D eigenvalue weighted by Gasteiger charge is -2.32. The van der Waals surface area contributed by atoms with Crippen LogP contribution in [0.25, 0.3) is 0 Å². The van der Waals surface area contributed by atoms with Gasteiger partial charge < -0.3 is 28.8 Å². The van der Waals surface area contributed by atoms with Gasteiger partial charge in [0.1, 0.15) is 12.5 Å². The molecule has 3 atom stereocenters. The third kappa shape index (κ3) is 7.60. The molecular weight excluding hydrogens is 348 g/mol. The van der Waals surface area contributed by atoms with Crippen LogP contribution in [-0.4, -0.2) is 51.2 Å². The smallest absolute Gasteiger partial charge is 0.158 e. The van der Waals surface area contributed by atoms with Gasteiger partial charge in [-0.2, -0.15) is 0 Å². The van der Waals surface area contributed by atoms with Gasteiger partial charge in [-0.3, -0.25) is 0 Å². The highest BCUT2D eigenvalue weighted by atomic mass is 16.7. The van der Waals surface area contributed by atoms with Gasteiger partial charge in [-0.05, 0) is 43.9 Å². The van der Waals surface area contributed by atoms with Gasteiger partial charge in [-0.25, -0.2) is 0 Å². The number of ether oxygens (including phenoxy) is 5. The van der Waals surface area contributed by atoms with Crippen LogP contribution in [0.15, 0.2) is 36.4 Å². The summed E-state index contributed by atoms with van der Waals surface area (Å²) >= 11 is 0. The first-order valence-electron chi connectivity index (χ1n) is 9.45. The highest BCUT2D eigenvalue weighted by Crippen LogP contribution is 2.23. The number of benzene rings is 1. The number of hydrogen-bond donors (Lipinski definition) is 1. The largest absolute Gasteiger partial charge is 0.497 e. The van der Waals surface area contributed by atoms with Gasteiger partial charge in [0.15, 0.2) is 6.29 Å². The average Bonchev–Trinajstić information content (AvgIpc) is 2.70. The summed E-state index contributed by atoms with van der Waals surface area (Å²) in [7, 11) is 1.64. The molecular formula is C21H32O6. The van der Waals surface area contributed by atoms with Crippen molar-refractivity contribution in [3.63, 3.8) is 0 Å². The average molecular weight is 380 g/mol. The van der Waals surface area contributed by atoms with Crippen LogP contribution in [0.1, 0.15) is 31.7 Å². The fraction of sp³-hybridized carbons (Fsp3) is 0.619. The lowest BCUT2D eigenvalue weighted by atomic mass is 9.98. The van der Waals surface area contributed by atoms with E-state index in [1.54, 1.807) is 7.11 Å². The molecule has 1 saturated heterocycles. The summed E-state index contributed by atoms with van der Waals surface area (Å²) in [6, 6.07) is 7.68. The summed E-state index contributed by atoms with van der Waals surface area (Å²) in [5, 5.41) is 9.76. The SMILES string of the molecule is C=C(C)[C@H](OC1CCCCO1)[C@@H](CO)COCOCc1ccc(OC)cc1. The van der Waals surface area contributed by atoms with E-state index in [2.05, 4.69) is 6.58 Å². The first kappa shape index (κ1) is 21.9. The Balaban J connectivity index is 1.72. The van der Waals surface area contributed by atoms with Crippen molar-refractivity contribution in [1.82, 2.24) is 0 Å². The maximum absolute atomic E-state index is 9.76. The van der Waals surface area contributed by atoms with Crippen molar-refractivity contribution in [3.8, 4) is 5.75 Å². The standard InChI is InChI=1S/C21H32O6/c1-16(2)21(27-20-6-4-5-11-26-20)18(12-22)14-25-15-24-13-17-7-9-19(23-3)10-8-17/h7-10,18,20-22H,1,4-6,11-15H2,2-3H3/t18-,20?,21-/m0/s1. The van der Waals surface area contributed by atoms with E-state index >= 15 is 0 Å². The first-order valence-corrected chi connectivity index (χ1v) is 9.45. The zero-order valence-corrected chi connectivity index (χ0v) is 16.4. The molecule has 0 radical (unpaired) electrons. The van der Waals surface area contributed by atoms with E-state index in [4.69, 9.17) is 23.7 Å². The monoisotopic (exact) mass is 380 g/mol. The molecule has 1 N–H and O–H groups in total. The highest BCUT2D eigenvalue weighted by molar-refractivity contribution is 5.26. The van der Waals surface area contributed by atoms with Gasteiger partial charge in [0.25, 0.3) is 0 Å². The minimum Gasteiger partial charge on any atom is -0.497 e. The summed E-state index contributed by atoms with van der Waals surface area (Å²) in [4.78, 5) is 0. The summed E-state index contributed by atoms with van der Waals surface area (Å²) in [5.74, 6) is 0.603. The van der Waals surface area contributed by atoms with Crippen LogP contribution in [0.5, 0.6) is 5.75 Å². The number of hydrogen-bond acceptors (Lipinski definition) is 6. The number of aliphatic hydroxyl groups is 1.